The van der Waals surface area contributed by atoms with E-state index in [1.165, 1.54) is 6.92 Å². The summed E-state index contributed by atoms with van der Waals surface area (Å²) in [5.74, 6) is 1.59. The van der Waals surface area contributed by atoms with Gasteiger partial charge in [0.2, 0.25) is 5.91 Å². The molecule has 0 fully saturated rings. The predicted molar refractivity (Wildman–Crippen MR) is 110 cm³/mol. The molecule has 0 saturated heterocycles. The number of aromatic amines is 1. The van der Waals surface area contributed by atoms with Crippen LogP contribution in [0.2, 0.25) is 0 Å². The number of carbonyl (C=O) groups excluding carboxylic acids is 1. The molecule has 0 bridgehead atoms. The largest absolute Gasteiger partial charge is 0.495 e. The number of hydrogen-bond donors (Lipinski definition) is 2. The fraction of sp³-hybridized carbons (Fsp3) is 0.143. The minimum absolute atomic E-state index is 0.185. The zero-order valence-electron chi connectivity index (χ0n) is 16.2. The van der Waals surface area contributed by atoms with Crippen molar-refractivity contribution in [3.05, 3.63) is 48.9 Å². The Kier molecular flexibility index (Phi) is 4.82. The van der Waals surface area contributed by atoms with Gasteiger partial charge in [-0.15, -0.1) is 0 Å². The molecule has 0 saturated carbocycles. The summed E-state index contributed by atoms with van der Waals surface area (Å²) < 4.78 is 10.5. The monoisotopic (exact) mass is 389 g/mol. The summed E-state index contributed by atoms with van der Waals surface area (Å²) in [6.45, 7) is 1.44. The molecule has 4 aromatic heterocycles. The summed E-state index contributed by atoms with van der Waals surface area (Å²) in [7, 11) is 3.20. The van der Waals surface area contributed by atoms with Gasteiger partial charge in [0.1, 0.15) is 17.3 Å². The van der Waals surface area contributed by atoms with E-state index in [-0.39, 0.29) is 5.91 Å². The highest BCUT2D eigenvalue weighted by Crippen LogP contribution is 2.38. The van der Waals surface area contributed by atoms with E-state index in [9.17, 15) is 4.79 Å². The second-order valence-electron chi connectivity index (χ2n) is 6.34. The van der Waals surface area contributed by atoms with Crippen molar-refractivity contribution in [2.45, 2.75) is 6.92 Å². The van der Waals surface area contributed by atoms with Crippen LogP contribution in [-0.4, -0.2) is 40.1 Å². The Labute approximate surface area is 166 Å². The minimum Gasteiger partial charge on any atom is -0.495 e. The number of hydrogen-bond acceptors (Lipinski definition) is 6. The molecule has 8 nitrogen and oxygen atoms in total. The van der Waals surface area contributed by atoms with Crippen molar-refractivity contribution in [3.8, 4) is 34.0 Å². The quantitative estimate of drug-likeness (QED) is 0.540. The molecule has 0 aliphatic carbocycles. The second kappa shape index (κ2) is 7.59. The minimum atomic E-state index is -0.185. The summed E-state index contributed by atoms with van der Waals surface area (Å²) in [5.41, 5.74) is 4.80. The number of anilines is 1. The number of nitrogens with one attached hydrogen (secondary N) is 2. The number of pyridine rings is 3. The Hall–Kier alpha value is -3.94. The average Bonchev–Trinajstić information content (AvgIpc) is 3.12. The van der Waals surface area contributed by atoms with Gasteiger partial charge in [-0.3, -0.25) is 14.8 Å². The summed E-state index contributed by atoms with van der Waals surface area (Å²) >= 11 is 0. The Bertz CT molecular complexity index is 1180. The van der Waals surface area contributed by atoms with Gasteiger partial charge in [-0.2, -0.15) is 0 Å². The fourth-order valence-electron chi connectivity index (χ4n) is 3.12. The third kappa shape index (κ3) is 3.60. The van der Waals surface area contributed by atoms with Crippen molar-refractivity contribution in [2.75, 3.05) is 19.5 Å². The Balaban J connectivity index is 1.93. The van der Waals surface area contributed by atoms with Crippen LogP contribution >= 0.6 is 0 Å². The summed E-state index contributed by atoms with van der Waals surface area (Å²) in [6.07, 6.45) is 4.98. The molecular weight excluding hydrogens is 370 g/mol. The summed E-state index contributed by atoms with van der Waals surface area (Å²) in [4.78, 5) is 28.1. The number of fused-ring (bicyclic) bond motifs is 1. The average molecular weight is 389 g/mol. The molecule has 0 spiro atoms. The first kappa shape index (κ1) is 18.4. The van der Waals surface area contributed by atoms with Crippen LogP contribution < -0.4 is 14.8 Å². The molecule has 4 aromatic rings. The van der Waals surface area contributed by atoms with E-state index in [0.717, 1.165) is 33.5 Å². The number of ether oxygens (including phenoxy) is 2. The van der Waals surface area contributed by atoms with Gasteiger partial charge in [-0.05, 0) is 24.3 Å². The van der Waals surface area contributed by atoms with Crippen LogP contribution in [0.5, 0.6) is 11.5 Å². The second-order valence-corrected chi connectivity index (χ2v) is 6.34. The van der Waals surface area contributed by atoms with Gasteiger partial charge in [0, 0.05) is 24.8 Å². The molecular formula is C21H19N5O3. The number of carbonyl (C=O) groups is 1. The van der Waals surface area contributed by atoms with E-state index >= 15 is 0 Å². The SMILES string of the molecule is COc1ccc(-c2c(-c3ccnc(NC(C)=O)c3)[nH]c3cc(OC)cnc23)nc1. The van der Waals surface area contributed by atoms with E-state index < -0.39 is 0 Å². The Morgan fingerprint density at radius 3 is 2.48 bits per heavy atom. The molecule has 29 heavy (non-hydrogen) atoms. The van der Waals surface area contributed by atoms with Crippen molar-refractivity contribution in [1.29, 1.82) is 0 Å². The normalized spacial score (nSPS) is 10.7. The molecule has 0 atom stereocenters. The first-order chi connectivity index (χ1) is 14.1. The molecule has 0 aromatic carbocycles. The predicted octanol–water partition coefficient (Wildman–Crippen LogP) is 3.66. The van der Waals surface area contributed by atoms with Crippen molar-refractivity contribution in [3.63, 3.8) is 0 Å². The standard InChI is InChI=1S/C21H19N5O3/c1-12(27)25-18-8-13(6-7-22-18)20-19(16-5-4-14(28-2)10-23-16)21-17(26-20)9-15(29-3)11-24-21/h4-11,26H,1-3H3,(H,22,25,27). The number of aromatic nitrogens is 4. The van der Waals surface area contributed by atoms with Gasteiger partial charge >= 0.3 is 0 Å². The maximum atomic E-state index is 11.4. The third-order valence-electron chi connectivity index (χ3n) is 4.43. The van der Waals surface area contributed by atoms with Crippen LogP contribution in [0.4, 0.5) is 5.82 Å². The number of amides is 1. The van der Waals surface area contributed by atoms with E-state index in [4.69, 9.17) is 9.47 Å². The van der Waals surface area contributed by atoms with E-state index in [1.807, 2.05) is 24.3 Å². The van der Waals surface area contributed by atoms with Gasteiger partial charge in [0.25, 0.3) is 0 Å². The zero-order chi connectivity index (χ0) is 20.4. The molecule has 0 unspecified atom stereocenters. The lowest BCUT2D eigenvalue weighted by molar-refractivity contribution is -0.114. The molecule has 0 aliphatic rings. The maximum absolute atomic E-state index is 11.4. The number of nitrogens with zero attached hydrogens (tertiary/aromatic N) is 3. The topological polar surface area (TPSA) is 102 Å². The highest BCUT2D eigenvalue weighted by molar-refractivity contribution is 6.01. The van der Waals surface area contributed by atoms with Gasteiger partial charge < -0.3 is 19.8 Å². The summed E-state index contributed by atoms with van der Waals surface area (Å²) in [5, 5.41) is 2.71. The van der Waals surface area contributed by atoms with Gasteiger partial charge in [-0.1, -0.05) is 0 Å². The maximum Gasteiger partial charge on any atom is 0.222 e. The lowest BCUT2D eigenvalue weighted by atomic mass is 10.0. The van der Waals surface area contributed by atoms with Gasteiger partial charge in [-0.25, -0.2) is 4.98 Å². The molecule has 1 amide bonds. The molecule has 2 N–H and O–H groups in total. The molecule has 0 radical (unpaired) electrons. The Morgan fingerprint density at radius 2 is 1.79 bits per heavy atom. The zero-order valence-corrected chi connectivity index (χ0v) is 16.2. The number of H-pyrrole nitrogens is 1. The van der Waals surface area contributed by atoms with Crippen LogP contribution in [0.1, 0.15) is 6.92 Å². The molecule has 146 valence electrons. The van der Waals surface area contributed by atoms with Gasteiger partial charge in [0.05, 0.1) is 54.6 Å². The molecule has 8 heteroatoms. The molecule has 0 aliphatic heterocycles. The van der Waals surface area contributed by atoms with Crippen molar-refractivity contribution >= 4 is 22.8 Å². The lowest BCUT2D eigenvalue weighted by Crippen LogP contribution is -2.07. The highest BCUT2D eigenvalue weighted by atomic mass is 16.5. The number of rotatable bonds is 5. The highest BCUT2D eigenvalue weighted by Gasteiger charge is 2.18. The first-order valence-electron chi connectivity index (χ1n) is 8.89. The first-order valence-corrected chi connectivity index (χ1v) is 8.89. The van der Waals surface area contributed by atoms with Crippen LogP contribution in [0.3, 0.4) is 0 Å². The van der Waals surface area contributed by atoms with Crippen molar-refractivity contribution < 1.29 is 14.3 Å². The number of methoxy groups -OCH3 is 2. The van der Waals surface area contributed by atoms with Crippen LogP contribution in [0.15, 0.2) is 48.9 Å². The Morgan fingerprint density at radius 1 is 1.00 bits per heavy atom. The van der Waals surface area contributed by atoms with Crippen LogP contribution in [0, 0.1) is 0 Å². The van der Waals surface area contributed by atoms with Gasteiger partial charge in [0.15, 0.2) is 0 Å². The van der Waals surface area contributed by atoms with Crippen molar-refractivity contribution in [2.24, 2.45) is 0 Å². The smallest absolute Gasteiger partial charge is 0.222 e. The van der Waals surface area contributed by atoms with Crippen LogP contribution in [0.25, 0.3) is 33.5 Å². The third-order valence-corrected chi connectivity index (χ3v) is 4.43. The van der Waals surface area contributed by atoms with E-state index in [1.54, 1.807) is 38.9 Å². The molecule has 4 heterocycles. The lowest BCUT2D eigenvalue weighted by Gasteiger charge is -2.07. The van der Waals surface area contributed by atoms with Crippen molar-refractivity contribution in [1.82, 2.24) is 19.9 Å². The van der Waals surface area contributed by atoms with E-state index in [2.05, 4.69) is 25.3 Å². The molecule has 4 rings (SSSR count). The van der Waals surface area contributed by atoms with Crippen LogP contribution in [-0.2, 0) is 4.79 Å². The van der Waals surface area contributed by atoms with E-state index in [0.29, 0.717) is 17.3 Å². The fourth-order valence-corrected chi connectivity index (χ4v) is 3.12. The summed E-state index contributed by atoms with van der Waals surface area (Å²) in [6, 6.07) is 9.28.